The number of ether oxygens (including phenoxy) is 1. The maximum absolute atomic E-state index is 10.9. The van der Waals surface area contributed by atoms with Gasteiger partial charge in [-0.05, 0) is 32.1 Å². The molecule has 0 aliphatic heterocycles. The van der Waals surface area contributed by atoms with Crippen LogP contribution in [0, 0.1) is 15.5 Å². The first-order chi connectivity index (χ1) is 8.88. The number of non-ortho nitro benzene ring substituents is 1. The Balaban J connectivity index is 2.15. The Kier molecular flexibility index (Phi) is 3.64. The number of hydrogen-bond acceptors (Lipinski definition) is 4. The normalized spacial score (nSPS) is 16.2. The molecule has 0 heterocycles. The molecule has 0 bridgehead atoms. The van der Waals surface area contributed by atoms with E-state index in [9.17, 15) is 10.1 Å². The highest BCUT2D eigenvalue weighted by Gasteiger charge is 2.36. The Bertz CT molecular complexity index is 482. The van der Waals surface area contributed by atoms with Gasteiger partial charge in [-0.25, -0.2) is 0 Å². The van der Waals surface area contributed by atoms with Crippen LogP contribution in [0.4, 0.5) is 11.4 Å². The average Bonchev–Trinajstić information content (AvgIpc) is 3.04. The van der Waals surface area contributed by atoms with Crippen molar-refractivity contribution in [3.63, 3.8) is 0 Å². The van der Waals surface area contributed by atoms with Crippen molar-refractivity contribution in [2.75, 3.05) is 11.9 Å². The molecule has 104 valence electrons. The summed E-state index contributed by atoms with van der Waals surface area (Å²) in [6.45, 7) is 6.85. The minimum atomic E-state index is -0.392. The summed E-state index contributed by atoms with van der Waals surface area (Å²) in [6, 6.07) is 4.84. The molecular weight excluding hydrogens is 244 g/mol. The molecule has 0 amide bonds. The van der Waals surface area contributed by atoms with Gasteiger partial charge in [-0.15, -0.1) is 0 Å². The van der Waals surface area contributed by atoms with Gasteiger partial charge < -0.3 is 10.1 Å². The third-order valence-electron chi connectivity index (χ3n) is 3.30. The lowest BCUT2D eigenvalue weighted by Gasteiger charge is -2.14. The van der Waals surface area contributed by atoms with Crippen LogP contribution < -0.4 is 10.1 Å². The molecule has 19 heavy (non-hydrogen) atoms. The maximum atomic E-state index is 10.9. The van der Waals surface area contributed by atoms with Crippen molar-refractivity contribution in [1.82, 2.24) is 0 Å². The Hall–Kier alpha value is -1.78. The minimum Gasteiger partial charge on any atom is -0.491 e. The molecule has 1 saturated carbocycles. The highest BCUT2D eigenvalue weighted by Crippen LogP contribution is 2.45. The van der Waals surface area contributed by atoms with E-state index in [2.05, 4.69) is 12.2 Å². The van der Waals surface area contributed by atoms with Gasteiger partial charge in [0.25, 0.3) is 5.69 Å². The van der Waals surface area contributed by atoms with E-state index in [1.165, 1.54) is 18.9 Å². The van der Waals surface area contributed by atoms with E-state index in [0.29, 0.717) is 11.2 Å². The van der Waals surface area contributed by atoms with Gasteiger partial charge in [-0.1, -0.05) is 6.92 Å². The molecule has 1 aliphatic rings. The van der Waals surface area contributed by atoms with E-state index in [1.54, 1.807) is 6.07 Å². The summed E-state index contributed by atoms with van der Waals surface area (Å²) in [5, 5.41) is 14.2. The number of anilines is 1. The molecule has 0 radical (unpaired) electrons. The Morgan fingerprint density at radius 3 is 2.63 bits per heavy atom. The lowest BCUT2D eigenvalue weighted by Crippen LogP contribution is -2.12. The van der Waals surface area contributed by atoms with Gasteiger partial charge in [0.2, 0.25) is 0 Å². The van der Waals surface area contributed by atoms with Crippen molar-refractivity contribution in [3.05, 3.63) is 28.3 Å². The molecule has 2 rings (SSSR count). The number of nitro groups is 1. The second kappa shape index (κ2) is 5.07. The quantitative estimate of drug-likeness (QED) is 0.630. The molecule has 0 aromatic heterocycles. The van der Waals surface area contributed by atoms with Gasteiger partial charge >= 0.3 is 0 Å². The van der Waals surface area contributed by atoms with Crippen LogP contribution in [0.15, 0.2) is 18.2 Å². The molecule has 1 aliphatic carbocycles. The largest absolute Gasteiger partial charge is 0.491 e. The molecule has 1 aromatic rings. The number of nitrogens with zero attached hydrogens (tertiary/aromatic N) is 1. The number of rotatable bonds is 6. The molecular formula is C14H20N2O3. The van der Waals surface area contributed by atoms with Gasteiger partial charge in [0.1, 0.15) is 5.75 Å². The van der Waals surface area contributed by atoms with Crippen LogP contribution in [0.25, 0.3) is 0 Å². The third kappa shape index (κ3) is 3.84. The molecule has 5 heteroatoms. The zero-order valence-corrected chi connectivity index (χ0v) is 11.6. The molecule has 1 N–H and O–H groups in total. The Morgan fingerprint density at radius 1 is 1.42 bits per heavy atom. The van der Waals surface area contributed by atoms with Crippen LogP contribution in [-0.4, -0.2) is 17.6 Å². The first kappa shape index (κ1) is 13.6. The van der Waals surface area contributed by atoms with Crippen molar-refractivity contribution in [3.8, 4) is 5.75 Å². The van der Waals surface area contributed by atoms with Crippen LogP contribution in [0.3, 0.4) is 0 Å². The topological polar surface area (TPSA) is 64.4 Å². The van der Waals surface area contributed by atoms with Crippen molar-refractivity contribution in [2.24, 2.45) is 5.41 Å². The SMILES string of the molecule is CC(C)Oc1cc(NCC2(C)CC2)cc([N+](=O)[O-])c1. The molecule has 0 atom stereocenters. The highest BCUT2D eigenvalue weighted by atomic mass is 16.6. The molecule has 1 aromatic carbocycles. The van der Waals surface area contributed by atoms with E-state index in [-0.39, 0.29) is 11.8 Å². The third-order valence-corrected chi connectivity index (χ3v) is 3.30. The van der Waals surface area contributed by atoms with Crippen LogP contribution in [-0.2, 0) is 0 Å². The van der Waals surface area contributed by atoms with Gasteiger partial charge in [-0.2, -0.15) is 0 Å². The predicted molar refractivity (Wildman–Crippen MR) is 74.7 cm³/mol. The van der Waals surface area contributed by atoms with Gasteiger partial charge in [0.05, 0.1) is 17.1 Å². The fraction of sp³-hybridized carbons (Fsp3) is 0.571. The second-order valence-electron chi connectivity index (χ2n) is 5.80. The summed E-state index contributed by atoms with van der Waals surface area (Å²) in [6.07, 6.45) is 2.42. The van der Waals surface area contributed by atoms with Crippen LogP contribution in [0.5, 0.6) is 5.75 Å². The standard InChI is InChI=1S/C14H20N2O3/c1-10(2)19-13-7-11(6-12(8-13)16(17)18)15-9-14(3)4-5-14/h6-8,10,15H,4-5,9H2,1-3H3. The molecule has 1 fully saturated rings. The zero-order valence-electron chi connectivity index (χ0n) is 11.6. The lowest BCUT2D eigenvalue weighted by molar-refractivity contribution is -0.384. The summed E-state index contributed by atoms with van der Waals surface area (Å²) in [7, 11) is 0. The second-order valence-corrected chi connectivity index (χ2v) is 5.80. The first-order valence-corrected chi connectivity index (χ1v) is 6.58. The highest BCUT2D eigenvalue weighted by molar-refractivity contribution is 5.56. The van der Waals surface area contributed by atoms with E-state index >= 15 is 0 Å². The van der Waals surface area contributed by atoms with E-state index in [0.717, 1.165) is 12.2 Å². The molecule has 5 nitrogen and oxygen atoms in total. The van der Waals surface area contributed by atoms with Crippen molar-refractivity contribution < 1.29 is 9.66 Å². The summed E-state index contributed by atoms with van der Waals surface area (Å²) in [4.78, 5) is 10.5. The van der Waals surface area contributed by atoms with Crippen LogP contribution in [0.1, 0.15) is 33.6 Å². The number of nitro benzene ring substituents is 1. The fourth-order valence-electron chi connectivity index (χ4n) is 1.84. The molecule has 0 saturated heterocycles. The number of benzene rings is 1. The summed E-state index contributed by atoms with van der Waals surface area (Å²) < 4.78 is 5.55. The minimum absolute atomic E-state index is 0.00389. The number of hydrogen-bond donors (Lipinski definition) is 1. The monoisotopic (exact) mass is 264 g/mol. The summed E-state index contributed by atoms with van der Waals surface area (Å²) in [5.41, 5.74) is 1.16. The molecule has 0 unspecified atom stereocenters. The predicted octanol–water partition coefficient (Wildman–Crippen LogP) is 3.59. The smallest absolute Gasteiger partial charge is 0.275 e. The molecule has 0 spiro atoms. The van der Waals surface area contributed by atoms with E-state index in [4.69, 9.17) is 4.74 Å². The summed E-state index contributed by atoms with van der Waals surface area (Å²) in [5.74, 6) is 0.535. The van der Waals surface area contributed by atoms with Crippen molar-refractivity contribution in [1.29, 1.82) is 0 Å². The first-order valence-electron chi connectivity index (χ1n) is 6.58. The lowest BCUT2D eigenvalue weighted by atomic mass is 10.1. The van der Waals surface area contributed by atoms with Crippen LogP contribution in [0.2, 0.25) is 0 Å². The Labute approximate surface area is 113 Å². The van der Waals surface area contributed by atoms with E-state index in [1.807, 2.05) is 19.9 Å². The summed E-state index contributed by atoms with van der Waals surface area (Å²) >= 11 is 0. The van der Waals surface area contributed by atoms with E-state index < -0.39 is 4.92 Å². The van der Waals surface area contributed by atoms with Crippen molar-refractivity contribution in [2.45, 2.75) is 39.7 Å². The number of nitrogens with one attached hydrogen (secondary N) is 1. The Morgan fingerprint density at radius 2 is 2.11 bits per heavy atom. The van der Waals surface area contributed by atoms with Crippen LogP contribution >= 0.6 is 0 Å². The van der Waals surface area contributed by atoms with Crippen molar-refractivity contribution >= 4 is 11.4 Å². The zero-order chi connectivity index (χ0) is 14.0. The van der Waals surface area contributed by atoms with Gasteiger partial charge in [-0.3, -0.25) is 10.1 Å². The fourth-order valence-corrected chi connectivity index (χ4v) is 1.84. The van der Waals surface area contributed by atoms with Gasteiger partial charge in [0.15, 0.2) is 0 Å². The van der Waals surface area contributed by atoms with Gasteiger partial charge in [0, 0.05) is 24.4 Å². The maximum Gasteiger partial charge on any atom is 0.275 e. The average molecular weight is 264 g/mol.